The summed E-state index contributed by atoms with van der Waals surface area (Å²) >= 11 is 0. The molecule has 2 heterocycles. The van der Waals surface area contributed by atoms with Crippen LogP contribution in [0.5, 0.6) is 5.75 Å². The molecule has 2 aromatic rings. The van der Waals surface area contributed by atoms with Crippen LogP contribution in [0.1, 0.15) is 35.9 Å². The lowest BCUT2D eigenvalue weighted by molar-refractivity contribution is 0.247. The topological polar surface area (TPSA) is 79.0 Å². The van der Waals surface area contributed by atoms with E-state index in [-0.39, 0.29) is 35.8 Å². The van der Waals surface area contributed by atoms with Crippen LogP contribution in [-0.4, -0.2) is 28.9 Å². The normalized spacial score (nSPS) is 26.2. The number of nitrogens with zero attached hydrogens (tertiary/aromatic N) is 1. The van der Waals surface area contributed by atoms with Gasteiger partial charge in [0, 0.05) is 41.1 Å². The zero-order valence-corrected chi connectivity index (χ0v) is 13.2. The molecule has 1 aliphatic heterocycles. The van der Waals surface area contributed by atoms with E-state index in [0.29, 0.717) is 11.7 Å². The highest BCUT2D eigenvalue weighted by molar-refractivity contribution is 5.89. The van der Waals surface area contributed by atoms with Gasteiger partial charge in [0.05, 0.1) is 6.61 Å². The quantitative estimate of drug-likeness (QED) is 0.800. The van der Waals surface area contributed by atoms with Gasteiger partial charge in [-0.2, -0.15) is 5.10 Å². The summed E-state index contributed by atoms with van der Waals surface area (Å²) in [6.07, 6.45) is 2.28. The molecule has 5 rings (SSSR count). The van der Waals surface area contributed by atoms with Gasteiger partial charge in [0.2, 0.25) is 0 Å². The van der Waals surface area contributed by atoms with Gasteiger partial charge in [-0.25, -0.2) is 13.6 Å². The van der Waals surface area contributed by atoms with Gasteiger partial charge in [0.25, 0.3) is 0 Å². The number of benzene rings is 1. The number of aromatic nitrogens is 2. The summed E-state index contributed by atoms with van der Waals surface area (Å²) in [6, 6.07) is 3.29. The van der Waals surface area contributed by atoms with Gasteiger partial charge in [-0.3, -0.25) is 10.4 Å². The second-order valence-electron chi connectivity index (χ2n) is 6.88. The van der Waals surface area contributed by atoms with E-state index >= 15 is 0 Å². The number of hydrogen-bond donors (Lipinski definition) is 3. The lowest BCUT2D eigenvalue weighted by Gasteiger charge is -2.16. The van der Waals surface area contributed by atoms with Crippen molar-refractivity contribution in [2.75, 3.05) is 11.9 Å². The minimum absolute atomic E-state index is 0.0349. The summed E-state index contributed by atoms with van der Waals surface area (Å²) in [5, 5.41) is 12.5. The van der Waals surface area contributed by atoms with Crippen LogP contribution in [0, 0.1) is 17.6 Å². The smallest absolute Gasteiger partial charge is 0.320 e. The Hall–Kier alpha value is -2.64. The zero-order valence-electron chi connectivity index (χ0n) is 13.2. The van der Waals surface area contributed by atoms with E-state index < -0.39 is 17.7 Å². The maximum absolute atomic E-state index is 14.1. The predicted molar refractivity (Wildman–Crippen MR) is 84.6 cm³/mol. The zero-order chi connectivity index (χ0) is 17.1. The molecule has 0 radical (unpaired) electrons. The predicted octanol–water partition coefficient (Wildman–Crippen LogP) is 2.86. The molecule has 3 atom stereocenters. The van der Waals surface area contributed by atoms with Crippen molar-refractivity contribution in [3.05, 3.63) is 41.1 Å². The van der Waals surface area contributed by atoms with Gasteiger partial charge in [0.15, 0.2) is 17.4 Å². The third-order valence-corrected chi connectivity index (χ3v) is 5.17. The second kappa shape index (κ2) is 5.18. The van der Waals surface area contributed by atoms with Crippen LogP contribution in [0.4, 0.5) is 19.4 Å². The largest absolute Gasteiger partial charge is 0.490 e. The molecular formula is C17H16F2N4O2. The van der Waals surface area contributed by atoms with Crippen LogP contribution in [-0.2, 0) is 0 Å². The van der Waals surface area contributed by atoms with Gasteiger partial charge in [-0.1, -0.05) is 0 Å². The molecule has 130 valence electrons. The first-order valence-electron chi connectivity index (χ1n) is 8.35. The van der Waals surface area contributed by atoms with Gasteiger partial charge in [0.1, 0.15) is 5.82 Å². The lowest BCUT2D eigenvalue weighted by Crippen LogP contribution is -2.32. The van der Waals surface area contributed by atoms with E-state index in [9.17, 15) is 13.6 Å². The number of halogens is 2. The van der Waals surface area contributed by atoms with Crippen LogP contribution in [0.15, 0.2) is 18.2 Å². The molecule has 1 aromatic heterocycles. The third kappa shape index (κ3) is 2.43. The molecule has 2 amide bonds. The Morgan fingerprint density at radius 3 is 2.88 bits per heavy atom. The van der Waals surface area contributed by atoms with Crippen molar-refractivity contribution in [3.63, 3.8) is 0 Å². The lowest BCUT2D eigenvalue weighted by atomic mass is 10.0. The first-order chi connectivity index (χ1) is 12.1. The number of anilines is 1. The number of aromatic amines is 1. The number of ether oxygens (including phenoxy) is 1. The molecule has 2 aliphatic carbocycles. The molecule has 0 unspecified atom stereocenters. The standard InChI is InChI=1S/C17H16F2N4O2/c18-9-3-4-10(19)16-14(9)13-8(6-25-16)15(13)21-17(24)20-12-5-11(22-23-12)7-1-2-7/h3-5,7-8,13,15H,1-2,6H2,(H3,20,21,22,23,24)/t8-,13+,15+/m0/s1. The molecule has 1 aromatic carbocycles. The van der Waals surface area contributed by atoms with E-state index in [1.807, 2.05) is 6.07 Å². The fourth-order valence-electron chi connectivity index (χ4n) is 3.67. The average Bonchev–Trinajstić information content (AvgIpc) is 3.51. The molecule has 2 fully saturated rings. The first kappa shape index (κ1) is 14.7. The fourth-order valence-corrected chi connectivity index (χ4v) is 3.67. The number of H-pyrrole nitrogens is 1. The van der Waals surface area contributed by atoms with E-state index in [0.717, 1.165) is 30.7 Å². The molecule has 6 nitrogen and oxygen atoms in total. The van der Waals surface area contributed by atoms with Crippen molar-refractivity contribution in [2.24, 2.45) is 5.92 Å². The van der Waals surface area contributed by atoms with Crippen LogP contribution in [0.25, 0.3) is 0 Å². The maximum atomic E-state index is 14.1. The Kier molecular flexibility index (Phi) is 3.04. The number of nitrogens with one attached hydrogen (secondary N) is 3. The molecule has 8 heteroatoms. The summed E-state index contributed by atoms with van der Waals surface area (Å²) in [4.78, 5) is 12.2. The number of fused-ring (bicyclic) bond motifs is 3. The highest BCUT2D eigenvalue weighted by Crippen LogP contribution is 2.55. The summed E-state index contributed by atoms with van der Waals surface area (Å²) in [5.74, 6) is -0.443. The van der Waals surface area contributed by atoms with E-state index in [2.05, 4.69) is 20.8 Å². The van der Waals surface area contributed by atoms with Crippen molar-refractivity contribution in [3.8, 4) is 5.75 Å². The van der Waals surface area contributed by atoms with E-state index in [1.54, 1.807) is 0 Å². The fraction of sp³-hybridized carbons (Fsp3) is 0.412. The molecule has 3 N–H and O–H groups in total. The summed E-state index contributed by atoms with van der Waals surface area (Å²) < 4.78 is 33.2. The minimum Gasteiger partial charge on any atom is -0.490 e. The molecule has 2 saturated carbocycles. The Labute approximate surface area is 141 Å². The Bertz CT molecular complexity index is 864. The van der Waals surface area contributed by atoms with Gasteiger partial charge < -0.3 is 10.1 Å². The van der Waals surface area contributed by atoms with Crippen molar-refractivity contribution in [1.82, 2.24) is 15.5 Å². The van der Waals surface area contributed by atoms with Gasteiger partial charge >= 0.3 is 6.03 Å². The van der Waals surface area contributed by atoms with Crippen molar-refractivity contribution >= 4 is 11.8 Å². The van der Waals surface area contributed by atoms with Crippen LogP contribution in [0.3, 0.4) is 0 Å². The number of carbonyl (C=O) groups excluding carboxylic acids is 1. The highest BCUT2D eigenvalue weighted by atomic mass is 19.1. The van der Waals surface area contributed by atoms with E-state index in [4.69, 9.17) is 4.74 Å². The van der Waals surface area contributed by atoms with Crippen molar-refractivity contribution < 1.29 is 18.3 Å². The molecule has 0 spiro atoms. The Morgan fingerprint density at radius 2 is 2.08 bits per heavy atom. The SMILES string of the molecule is O=C(Nc1cc(C2CC2)[nH]n1)N[C@@H]1[C@H]2COc3c(F)ccc(F)c3[C@@H]21. The molecule has 0 saturated heterocycles. The molecule has 25 heavy (non-hydrogen) atoms. The molecular weight excluding hydrogens is 330 g/mol. The Balaban J connectivity index is 1.27. The maximum Gasteiger partial charge on any atom is 0.320 e. The summed E-state index contributed by atoms with van der Waals surface area (Å²) in [6.45, 7) is 0.261. The third-order valence-electron chi connectivity index (χ3n) is 5.17. The van der Waals surface area contributed by atoms with Crippen LogP contribution < -0.4 is 15.4 Å². The Morgan fingerprint density at radius 1 is 1.28 bits per heavy atom. The minimum atomic E-state index is -0.575. The average molecular weight is 346 g/mol. The number of hydrogen-bond acceptors (Lipinski definition) is 3. The summed E-state index contributed by atoms with van der Waals surface area (Å²) in [5.41, 5.74) is 1.24. The second-order valence-corrected chi connectivity index (χ2v) is 6.88. The van der Waals surface area contributed by atoms with Crippen LogP contribution in [0.2, 0.25) is 0 Å². The molecule has 3 aliphatic rings. The first-order valence-corrected chi connectivity index (χ1v) is 8.35. The number of carbonyl (C=O) groups is 1. The molecule has 0 bridgehead atoms. The van der Waals surface area contributed by atoms with Crippen molar-refractivity contribution in [2.45, 2.75) is 30.7 Å². The summed E-state index contributed by atoms with van der Waals surface area (Å²) in [7, 11) is 0. The van der Waals surface area contributed by atoms with Crippen LogP contribution >= 0.6 is 0 Å². The van der Waals surface area contributed by atoms with Gasteiger partial charge in [-0.15, -0.1) is 0 Å². The highest BCUT2D eigenvalue weighted by Gasteiger charge is 2.57. The van der Waals surface area contributed by atoms with E-state index in [1.165, 1.54) is 0 Å². The number of urea groups is 1. The van der Waals surface area contributed by atoms with Gasteiger partial charge in [-0.05, 0) is 25.0 Å². The van der Waals surface area contributed by atoms with Crippen molar-refractivity contribution in [1.29, 1.82) is 0 Å². The number of amides is 2. The monoisotopic (exact) mass is 346 g/mol. The number of rotatable bonds is 3.